The monoisotopic (exact) mass is 480 g/mol. The maximum Gasteiger partial charge on any atom is 0.274 e. The minimum atomic E-state index is -0.304. The summed E-state index contributed by atoms with van der Waals surface area (Å²) < 4.78 is 1.89. The van der Waals surface area contributed by atoms with Crippen molar-refractivity contribution in [2.45, 2.75) is 17.2 Å². The number of nitrogens with zero attached hydrogens (tertiary/aromatic N) is 4. The zero-order valence-corrected chi connectivity index (χ0v) is 19.3. The quantitative estimate of drug-likeness (QED) is 0.294. The molecule has 2 aromatic carbocycles. The molecule has 33 heavy (non-hydrogen) atoms. The maximum atomic E-state index is 12.5. The second-order valence-corrected chi connectivity index (χ2v) is 9.35. The summed E-state index contributed by atoms with van der Waals surface area (Å²) in [6.07, 6.45) is 0.322. The lowest BCUT2D eigenvalue weighted by Crippen LogP contribution is -2.24. The Morgan fingerprint density at radius 2 is 1.70 bits per heavy atom. The number of amides is 2. The van der Waals surface area contributed by atoms with Crippen LogP contribution in [0.1, 0.15) is 12.1 Å². The Bertz CT molecular complexity index is 1350. The van der Waals surface area contributed by atoms with E-state index in [0.717, 1.165) is 5.69 Å². The molecule has 2 N–H and O–H groups in total. The molecule has 4 rings (SSSR count). The highest BCUT2D eigenvalue weighted by Crippen LogP contribution is 2.26. The van der Waals surface area contributed by atoms with Crippen molar-refractivity contribution in [2.75, 3.05) is 16.4 Å². The summed E-state index contributed by atoms with van der Waals surface area (Å²) in [6, 6.07) is 16.3. The lowest BCUT2D eigenvalue weighted by atomic mass is 10.1. The molecular weight excluding hydrogens is 460 g/mol. The van der Waals surface area contributed by atoms with Gasteiger partial charge >= 0.3 is 0 Å². The third kappa shape index (κ3) is 5.82. The van der Waals surface area contributed by atoms with Crippen molar-refractivity contribution in [1.82, 2.24) is 20.0 Å². The average Bonchev–Trinajstić information content (AvgIpc) is 3.25. The molecule has 0 saturated heterocycles. The van der Waals surface area contributed by atoms with Gasteiger partial charge in [0.2, 0.25) is 16.9 Å². The van der Waals surface area contributed by atoms with Gasteiger partial charge in [0, 0.05) is 30.3 Å². The molecule has 0 atom stereocenters. The third-order valence-electron chi connectivity index (χ3n) is 4.63. The highest BCUT2D eigenvalue weighted by molar-refractivity contribution is 8.01. The predicted octanol–water partition coefficient (Wildman–Crippen LogP) is 3.09. The fraction of sp³-hybridized carbons (Fsp3) is 0.182. The van der Waals surface area contributed by atoms with Crippen LogP contribution in [0.4, 0.5) is 10.8 Å². The number of aryl methyl sites for hydroxylation is 1. The number of carbonyl (C=O) groups is 2. The maximum absolute atomic E-state index is 12.5. The molecule has 0 bridgehead atoms. The molecule has 0 aliphatic heterocycles. The molecule has 9 nitrogen and oxygen atoms in total. The molecule has 2 heterocycles. The number of nitrogens with one attached hydrogen (secondary N) is 2. The van der Waals surface area contributed by atoms with Crippen LogP contribution < -0.4 is 16.2 Å². The zero-order chi connectivity index (χ0) is 23.2. The van der Waals surface area contributed by atoms with Gasteiger partial charge in [0.1, 0.15) is 0 Å². The summed E-state index contributed by atoms with van der Waals surface area (Å²) >= 11 is 2.64. The molecule has 2 amide bonds. The van der Waals surface area contributed by atoms with E-state index in [9.17, 15) is 14.4 Å². The highest BCUT2D eigenvalue weighted by atomic mass is 32.2. The Labute approximate surface area is 197 Å². The number of anilines is 2. The lowest BCUT2D eigenvalue weighted by Gasteiger charge is -2.07. The van der Waals surface area contributed by atoms with E-state index < -0.39 is 0 Å². The molecule has 0 fully saturated rings. The van der Waals surface area contributed by atoms with Gasteiger partial charge in [0.25, 0.3) is 5.56 Å². The van der Waals surface area contributed by atoms with Gasteiger partial charge in [-0.05, 0) is 18.2 Å². The molecule has 4 aromatic rings. The Morgan fingerprint density at radius 3 is 2.48 bits per heavy atom. The van der Waals surface area contributed by atoms with Crippen LogP contribution >= 0.6 is 23.1 Å². The number of benzene rings is 2. The molecule has 0 radical (unpaired) electrons. The number of para-hydroxylation sites is 1. The van der Waals surface area contributed by atoms with Crippen LogP contribution in [-0.2, 0) is 23.1 Å². The summed E-state index contributed by atoms with van der Waals surface area (Å²) in [7, 11) is 1.56. The number of thioether (sulfide) groups is 1. The number of carbonyl (C=O) groups excluding carboxylic acids is 2. The van der Waals surface area contributed by atoms with Crippen molar-refractivity contribution in [1.29, 1.82) is 0 Å². The molecule has 0 spiro atoms. The van der Waals surface area contributed by atoms with Gasteiger partial charge in [-0.3, -0.25) is 14.4 Å². The smallest absolute Gasteiger partial charge is 0.274 e. The molecule has 2 aromatic heterocycles. The second-order valence-electron chi connectivity index (χ2n) is 7.03. The Balaban J connectivity index is 1.30. The largest absolute Gasteiger partial charge is 0.326 e. The molecule has 11 heteroatoms. The predicted molar refractivity (Wildman–Crippen MR) is 130 cm³/mol. The first-order valence-corrected chi connectivity index (χ1v) is 11.9. The second kappa shape index (κ2) is 10.4. The third-order valence-corrected chi connectivity index (χ3v) is 6.60. The van der Waals surface area contributed by atoms with Crippen LogP contribution in [0, 0.1) is 0 Å². The first-order chi connectivity index (χ1) is 16.0. The van der Waals surface area contributed by atoms with Crippen LogP contribution in [0.25, 0.3) is 10.8 Å². The minimum absolute atomic E-state index is 0.00362. The molecular formula is C22H20N6O3S2. The van der Waals surface area contributed by atoms with E-state index in [4.69, 9.17) is 0 Å². The average molecular weight is 481 g/mol. The number of hydrogen-bond acceptors (Lipinski definition) is 8. The fourth-order valence-corrected chi connectivity index (χ4v) is 4.89. The molecule has 0 aliphatic carbocycles. The topological polar surface area (TPSA) is 119 Å². The van der Waals surface area contributed by atoms with Gasteiger partial charge in [-0.2, -0.15) is 5.10 Å². The van der Waals surface area contributed by atoms with Crippen molar-refractivity contribution in [3.05, 3.63) is 70.6 Å². The van der Waals surface area contributed by atoms with Gasteiger partial charge < -0.3 is 10.6 Å². The summed E-state index contributed by atoms with van der Waals surface area (Å²) in [6.45, 7) is 0. The van der Waals surface area contributed by atoms with Crippen LogP contribution in [0.5, 0.6) is 0 Å². The fourth-order valence-electron chi connectivity index (χ4n) is 3.12. The molecule has 168 valence electrons. The van der Waals surface area contributed by atoms with E-state index >= 15 is 0 Å². The number of rotatable bonds is 8. The Morgan fingerprint density at radius 1 is 0.970 bits per heavy atom. The zero-order valence-electron chi connectivity index (χ0n) is 17.6. The lowest BCUT2D eigenvalue weighted by molar-refractivity contribution is -0.116. The van der Waals surface area contributed by atoms with E-state index in [0.29, 0.717) is 38.1 Å². The van der Waals surface area contributed by atoms with Crippen LogP contribution in [0.15, 0.2) is 63.7 Å². The van der Waals surface area contributed by atoms with Gasteiger partial charge in [-0.1, -0.05) is 59.5 Å². The van der Waals surface area contributed by atoms with E-state index in [1.165, 1.54) is 27.8 Å². The van der Waals surface area contributed by atoms with Crippen LogP contribution in [0.2, 0.25) is 0 Å². The number of fused-ring (bicyclic) bond motifs is 1. The number of hydrogen-bond donors (Lipinski definition) is 2. The molecule has 0 saturated carbocycles. The van der Waals surface area contributed by atoms with Gasteiger partial charge in [-0.25, -0.2) is 4.68 Å². The van der Waals surface area contributed by atoms with Crippen molar-refractivity contribution in [3.63, 3.8) is 0 Å². The van der Waals surface area contributed by atoms with E-state index in [1.807, 2.05) is 30.3 Å². The highest BCUT2D eigenvalue weighted by Gasteiger charge is 2.14. The van der Waals surface area contributed by atoms with Crippen molar-refractivity contribution in [2.24, 2.45) is 7.05 Å². The van der Waals surface area contributed by atoms with E-state index in [2.05, 4.69) is 25.9 Å². The van der Waals surface area contributed by atoms with Gasteiger partial charge in [-0.15, -0.1) is 10.2 Å². The number of aromatic nitrogens is 4. The molecule has 0 aliphatic rings. The SMILES string of the molecule is Cn1nc(CC(=O)Nc2nnc(SCCC(=O)Nc3ccccc3)s2)c2ccccc2c1=O. The van der Waals surface area contributed by atoms with Crippen molar-refractivity contribution in [3.8, 4) is 0 Å². The Hall–Kier alpha value is -3.57. The summed E-state index contributed by atoms with van der Waals surface area (Å²) in [5.74, 6) is 0.153. The van der Waals surface area contributed by atoms with E-state index in [-0.39, 0.29) is 23.8 Å². The van der Waals surface area contributed by atoms with Crippen LogP contribution in [-0.4, -0.2) is 37.5 Å². The summed E-state index contributed by atoms with van der Waals surface area (Å²) in [5, 5.41) is 19.4. The van der Waals surface area contributed by atoms with Gasteiger partial charge in [0.05, 0.1) is 17.5 Å². The molecule has 0 unspecified atom stereocenters. The van der Waals surface area contributed by atoms with Gasteiger partial charge in [0.15, 0.2) is 4.34 Å². The van der Waals surface area contributed by atoms with Crippen molar-refractivity contribution >= 4 is 56.5 Å². The van der Waals surface area contributed by atoms with E-state index in [1.54, 1.807) is 31.3 Å². The summed E-state index contributed by atoms with van der Waals surface area (Å²) in [5.41, 5.74) is 1.06. The van der Waals surface area contributed by atoms with Crippen molar-refractivity contribution < 1.29 is 9.59 Å². The first-order valence-electron chi connectivity index (χ1n) is 10.1. The first kappa shape index (κ1) is 22.6. The standard InChI is InChI=1S/C22H20N6O3S2/c1-28-20(31)16-10-6-5-9-15(16)17(27-28)13-19(30)24-21-25-26-22(33-21)32-12-11-18(29)23-14-7-3-2-4-8-14/h2-10H,11-13H2,1H3,(H,23,29)(H,24,25,30). The normalized spacial score (nSPS) is 10.8. The summed E-state index contributed by atoms with van der Waals surface area (Å²) in [4.78, 5) is 36.8. The Kier molecular flexibility index (Phi) is 7.10. The minimum Gasteiger partial charge on any atom is -0.326 e. The van der Waals surface area contributed by atoms with Crippen LogP contribution in [0.3, 0.4) is 0 Å².